The van der Waals surface area contributed by atoms with E-state index in [0.717, 1.165) is 11.3 Å². The number of hydrogen-bond acceptors (Lipinski definition) is 3. The summed E-state index contributed by atoms with van der Waals surface area (Å²) in [5.74, 6) is 1.20. The summed E-state index contributed by atoms with van der Waals surface area (Å²) in [6.07, 6.45) is -0.489. The van der Waals surface area contributed by atoms with Gasteiger partial charge in [0.1, 0.15) is 0 Å². The summed E-state index contributed by atoms with van der Waals surface area (Å²) in [6.45, 7) is 2.04. The minimum absolute atomic E-state index is 0.0305. The fraction of sp³-hybridized carbons (Fsp3) is 0.462. The van der Waals surface area contributed by atoms with Gasteiger partial charge in [0.15, 0.2) is 0 Å². The van der Waals surface area contributed by atoms with Crippen LogP contribution in [-0.4, -0.2) is 41.4 Å². The van der Waals surface area contributed by atoms with Crippen LogP contribution in [-0.2, 0) is 10.5 Å². The Morgan fingerprint density at radius 3 is 2.89 bits per heavy atom. The second-order valence-corrected chi connectivity index (χ2v) is 5.67. The summed E-state index contributed by atoms with van der Waals surface area (Å²) in [7, 11) is 1.70. The van der Waals surface area contributed by atoms with Gasteiger partial charge in [0, 0.05) is 24.4 Å². The Hall–Kier alpha value is -0.710. The number of benzene rings is 1. The highest BCUT2D eigenvalue weighted by molar-refractivity contribution is 7.99. The zero-order valence-corrected chi connectivity index (χ0v) is 12.2. The van der Waals surface area contributed by atoms with Gasteiger partial charge in [-0.15, -0.1) is 11.8 Å². The van der Waals surface area contributed by atoms with Gasteiger partial charge in [-0.25, -0.2) is 0 Å². The van der Waals surface area contributed by atoms with Crippen LogP contribution >= 0.6 is 23.4 Å². The van der Waals surface area contributed by atoms with Crippen molar-refractivity contribution in [3.63, 3.8) is 0 Å². The molecule has 0 aliphatic rings. The number of rotatable bonds is 6. The van der Waals surface area contributed by atoms with E-state index in [1.165, 1.54) is 0 Å². The first kappa shape index (κ1) is 15.3. The van der Waals surface area contributed by atoms with E-state index in [2.05, 4.69) is 0 Å². The van der Waals surface area contributed by atoms with Crippen molar-refractivity contribution in [2.45, 2.75) is 18.8 Å². The standard InChI is InChI=1S/C13H18ClNO2S/c1-10(16)7-15(2)13(17)9-18-8-11-4-3-5-12(14)6-11/h3-6,10,16H,7-9H2,1-2H3. The normalized spacial score (nSPS) is 12.2. The van der Waals surface area contributed by atoms with Gasteiger partial charge < -0.3 is 10.0 Å². The first-order valence-electron chi connectivity index (χ1n) is 5.73. The van der Waals surface area contributed by atoms with Gasteiger partial charge >= 0.3 is 0 Å². The van der Waals surface area contributed by atoms with Crippen LogP contribution in [0, 0.1) is 0 Å². The summed E-state index contributed by atoms with van der Waals surface area (Å²) in [6, 6.07) is 7.62. The molecular formula is C13H18ClNO2S. The molecule has 0 heterocycles. The Labute approximate surface area is 117 Å². The third kappa shape index (κ3) is 5.76. The second kappa shape index (κ2) is 7.67. The number of likely N-dealkylation sites (N-methyl/N-ethyl adjacent to an activating group) is 1. The molecular weight excluding hydrogens is 270 g/mol. The zero-order valence-electron chi connectivity index (χ0n) is 10.6. The summed E-state index contributed by atoms with van der Waals surface area (Å²) < 4.78 is 0. The van der Waals surface area contributed by atoms with E-state index in [1.54, 1.807) is 30.6 Å². The maximum absolute atomic E-state index is 11.7. The molecule has 1 amide bonds. The van der Waals surface area contributed by atoms with Crippen molar-refractivity contribution in [2.75, 3.05) is 19.3 Å². The van der Waals surface area contributed by atoms with E-state index in [-0.39, 0.29) is 5.91 Å². The van der Waals surface area contributed by atoms with Gasteiger partial charge in [-0.2, -0.15) is 0 Å². The first-order chi connectivity index (χ1) is 8.49. The highest BCUT2D eigenvalue weighted by Gasteiger charge is 2.10. The van der Waals surface area contributed by atoms with Crippen LogP contribution in [0.2, 0.25) is 5.02 Å². The first-order valence-corrected chi connectivity index (χ1v) is 7.26. The van der Waals surface area contributed by atoms with Crippen molar-refractivity contribution < 1.29 is 9.90 Å². The number of aliphatic hydroxyl groups is 1. The van der Waals surface area contributed by atoms with E-state index in [1.807, 2.05) is 24.3 Å². The Balaban J connectivity index is 2.31. The SMILES string of the molecule is CC(O)CN(C)C(=O)CSCc1cccc(Cl)c1. The molecule has 100 valence electrons. The van der Waals surface area contributed by atoms with E-state index in [4.69, 9.17) is 11.6 Å². The van der Waals surface area contributed by atoms with Gasteiger partial charge in [-0.1, -0.05) is 23.7 Å². The Morgan fingerprint density at radius 2 is 2.28 bits per heavy atom. The van der Waals surface area contributed by atoms with Gasteiger partial charge in [0.05, 0.1) is 11.9 Å². The van der Waals surface area contributed by atoms with E-state index in [0.29, 0.717) is 17.3 Å². The van der Waals surface area contributed by atoms with Gasteiger partial charge in [-0.3, -0.25) is 4.79 Å². The predicted octanol–water partition coefficient (Wildman–Crippen LogP) is 2.41. The molecule has 0 aliphatic heterocycles. The number of hydrogen-bond donors (Lipinski definition) is 1. The third-order valence-electron chi connectivity index (χ3n) is 2.35. The van der Waals surface area contributed by atoms with E-state index < -0.39 is 6.10 Å². The lowest BCUT2D eigenvalue weighted by molar-refractivity contribution is -0.128. The van der Waals surface area contributed by atoms with Crippen molar-refractivity contribution in [3.05, 3.63) is 34.9 Å². The van der Waals surface area contributed by atoms with Crippen LogP contribution in [0.4, 0.5) is 0 Å². The number of halogens is 1. The van der Waals surface area contributed by atoms with Gasteiger partial charge in [-0.05, 0) is 24.6 Å². The third-order valence-corrected chi connectivity index (χ3v) is 3.57. The predicted molar refractivity (Wildman–Crippen MR) is 76.9 cm³/mol. The molecule has 3 nitrogen and oxygen atoms in total. The minimum Gasteiger partial charge on any atom is -0.392 e. The molecule has 0 fully saturated rings. The average molecular weight is 288 g/mol. The lowest BCUT2D eigenvalue weighted by atomic mass is 10.2. The summed E-state index contributed by atoms with van der Waals surface area (Å²) >= 11 is 7.43. The van der Waals surface area contributed by atoms with Gasteiger partial charge in [0.2, 0.25) is 5.91 Å². The summed E-state index contributed by atoms with van der Waals surface area (Å²) in [4.78, 5) is 13.3. The fourth-order valence-electron chi connectivity index (χ4n) is 1.49. The average Bonchev–Trinajstić information content (AvgIpc) is 2.28. The molecule has 1 unspecified atom stereocenters. The highest BCUT2D eigenvalue weighted by Crippen LogP contribution is 2.16. The smallest absolute Gasteiger partial charge is 0.232 e. The summed E-state index contributed by atoms with van der Waals surface area (Å²) in [5.41, 5.74) is 1.11. The van der Waals surface area contributed by atoms with E-state index >= 15 is 0 Å². The number of carbonyl (C=O) groups is 1. The summed E-state index contributed by atoms with van der Waals surface area (Å²) in [5, 5.41) is 9.90. The molecule has 1 aromatic rings. The van der Waals surface area contributed by atoms with Crippen LogP contribution in [0.3, 0.4) is 0 Å². The number of nitrogens with zero attached hydrogens (tertiary/aromatic N) is 1. The monoisotopic (exact) mass is 287 g/mol. The number of aliphatic hydroxyl groups excluding tert-OH is 1. The maximum atomic E-state index is 11.7. The molecule has 0 radical (unpaired) electrons. The minimum atomic E-state index is -0.489. The molecule has 5 heteroatoms. The molecule has 1 aromatic carbocycles. The number of amides is 1. The largest absolute Gasteiger partial charge is 0.392 e. The van der Waals surface area contributed by atoms with Crippen LogP contribution < -0.4 is 0 Å². The van der Waals surface area contributed by atoms with Crippen molar-refractivity contribution >= 4 is 29.3 Å². The Morgan fingerprint density at radius 1 is 1.56 bits per heavy atom. The Kier molecular flexibility index (Phi) is 6.54. The van der Waals surface area contributed by atoms with Crippen molar-refractivity contribution in [2.24, 2.45) is 0 Å². The molecule has 0 aromatic heterocycles. The molecule has 0 saturated heterocycles. The molecule has 0 aliphatic carbocycles. The van der Waals surface area contributed by atoms with Crippen molar-refractivity contribution in [1.82, 2.24) is 4.90 Å². The van der Waals surface area contributed by atoms with Crippen LogP contribution in [0.5, 0.6) is 0 Å². The second-order valence-electron chi connectivity index (χ2n) is 4.25. The lowest BCUT2D eigenvalue weighted by Crippen LogP contribution is -2.34. The number of carbonyl (C=O) groups excluding carboxylic acids is 1. The molecule has 0 bridgehead atoms. The maximum Gasteiger partial charge on any atom is 0.232 e. The quantitative estimate of drug-likeness (QED) is 0.873. The number of thioether (sulfide) groups is 1. The zero-order chi connectivity index (χ0) is 13.5. The van der Waals surface area contributed by atoms with Crippen molar-refractivity contribution in [3.8, 4) is 0 Å². The lowest BCUT2D eigenvalue weighted by Gasteiger charge is -2.18. The van der Waals surface area contributed by atoms with Crippen LogP contribution in [0.1, 0.15) is 12.5 Å². The molecule has 18 heavy (non-hydrogen) atoms. The van der Waals surface area contributed by atoms with Crippen LogP contribution in [0.15, 0.2) is 24.3 Å². The molecule has 0 spiro atoms. The van der Waals surface area contributed by atoms with Gasteiger partial charge in [0.25, 0.3) is 0 Å². The molecule has 1 rings (SSSR count). The molecule has 1 atom stereocenters. The van der Waals surface area contributed by atoms with Crippen molar-refractivity contribution in [1.29, 1.82) is 0 Å². The van der Waals surface area contributed by atoms with Crippen LogP contribution in [0.25, 0.3) is 0 Å². The Bertz CT molecular complexity index is 398. The topological polar surface area (TPSA) is 40.5 Å². The molecule has 1 N–H and O–H groups in total. The molecule has 0 saturated carbocycles. The highest BCUT2D eigenvalue weighted by atomic mass is 35.5. The fourth-order valence-corrected chi connectivity index (χ4v) is 2.62. The van der Waals surface area contributed by atoms with E-state index in [9.17, 15) is 9.90 Å².